The number of benzene rings is 1. The fourth-order valence-corrected chi connectivity index (χ4v) is 2.94. The monoisotopic (exact) mass is 516 g/mol. The van der Waals surface area contributed by atoms with E-state index in [1.807, 2.05) is 18.2 Å². The van der Waals surface area contributed by atoms with Crippen molar-refractivity contribution in [2.24, 2.45) is 4.99 Å². The van der Waals surface area contributed by atoms with E-state index in [0.29, 0.717) is 5.15 Å². The Morgan fingerprint density at radius 2 is 1.96 bits per heavy atom. The van der Waals surface area contributed by atoms with E-state index in [-0.39, 0.29) is 36.2 Å². The van der Waals surface area contributed by atoms with E-state index in [9.17, 15) is 0 Å². The quantitative estimate of drug-likeness (QED) is 0.265. The topological polar surface area (TPSA) is 67.8 Å². The van der Waals surface area contributed by atoms with Crippen LogP contribution in [0.4, 0.5) is 0 Å². The lowest BCUT2D eigenvalue weighted by Crippen LogP contribution is -2.44. The van der Waals surface area contributed by atoms with Crippen LogP contribution in [0.25, 0.3) is 0 Å². The minimum Gasteiger partial charge on any atom is -0.454 e. The maximum Gasteiger partial charge on any atom is 0.231 e. The second kappa shape index (κ2) is 10.2. The summed E-state index contributed by atoms with van der Waals surface area (Å²) in [5, 5.41) is 7.24. The Labute approximate surface area is 188 Å². The maximum atomic E-state index is 5.81. The number of aromatic nitrogens is 1. The third-order valence-electron chi connectivity index (χ3n) is 4.57. The number of ether oxygens (including phenoxy) is 2. The highest BCUT2D eigenvalue weighted by Crippen LogP contribution is 2.36. The number of hydrogen-bond acceptors (Lipinski definition) is 4. The zero-order valence-electron chi connectivity index (χ0n) is 16.3. The molecule has 1 aromatic heterocycles. The summed E-state index contributed by atoms with van der Waals surface area (Å²) in [5.74, 6) is 2.38. The van der Waals surface area contributed by atoms with Crippen molar-refractivity contribution in [2.45, 2.75) is 25.7 Å². The maximum absolute atomic E-state index is 5.81. The number of nitrogens with one attached hydrogen (secondary N) is 2. The molecule has 0 aliphatic carbocycles. The first-order valence-corrected chi connectivity index (χ1v) is 9.31. The van der Waals surface area contributed by atoms with Crippen molar-refractivity contribution in [2.75, 3.05) is 26.9 Å². The Bertz CT molecular complexity index is 812. The molecule has 2 heterocycles. The molecule has 1 aromatic carbocycles. The normalized spacial score (nSPS) is 13.1. The number of nitrogens with zero attached hydrogens (tertiary/aromatic N) is 2. The van der Waals surface area contributed by atoms with E-state index in [1.165, 1.54) is 5.56 Å². The first-order chi connectivity index (χ1) is 13.0. The van der Waals surface area contributed by atoms with Gasteiger partial charge in [-0.2, -0.15) is 0 Å². The highest BCUT2D eigenvalue weighted by molar-refractivity contribution is 14.0. The van der Waals surface area contributed by atoms with Crippen LogP contribution >= 0.6 is 35.6 Å². The van der Waals surface area contributed by atoms with Gasteiger partial charge in [-0.1, -0.05) is 37.6 Å². The zero-order valence-corrected chi connectivity index (χ0v) is 19.4. The zero-order chi connectivity index (χ0) is 19.3. The number of pyridine rings is 1. The molecular formula is C20H26ClIN4O2. The largest absolute Gasteiger partial charge is 0.454 e. The Morgan fingerprint density at radius 1 is 1.18 bits per heavy atom. The molecule has 0 bridgehead atoms. The van der Waals surface area contributed by atoms with Gasteiger partial charge in [0.05, 0.1) is 0 Å². The summed E-state index contributed by atoms with van der Waals surface area (Å²) < 4.78 is 10.9. The van der Waals surface area contributed by atoms with Gasteiger partial charge in [0.1, 0.15) is 5.15 Å². The molecule has 0 saturated heterocycles. The fraction of sp³-hybridized carbons (Fsp3) is 0.400. The Balaban J connectivity index is 0.00000280. The van der Waals surface area contributed by atoms with Crippen LogP contribution < -0.4 is 20.1 Å². The number of guanidine groups is 1. The average molecular weight is 517 g/mol. The van der Waals surface area contributed by atoms with E-state index in [0.717, 1.165) is 42.5 Å². The van der Waals surface area contributed by atoms with E-state index >= 15 is 0 Å². The lowest BCUT2D eigenvalue weighted by molar-refractivity contribution is 0.174. The highest BCUT2D eigenvalue weighted by atomic mass is 127. The summed E-state index contributed by atoms with van der Waals surface area (Å²) in [5.41, 5.74) is 2.21. The SMILES string of the molecule is CN=C(NCCc1ccc(Cl)nc1)NCC(C)(C)c1ccc2c(c1)OCO2.I. The second-order valence-corrected chi connectivity index (χ2v) is 7.43. The first kappa shape index (κ1) is 22.5. The van der Waals surface area contributed by atoms with Crippen molar-refractivity contribution < 1.29 is 9.47 Å². The van der Waals surface area contributed by atoms with Crippen LogP contribution in [0, 0.1) is 0 Å². The average Bonchev–Trinajstić information content (AvgIpc) is 3.14. The van der Waals surface area contributed by atoms with Crippen LogP contribution in [0.15, 0.2) is 41.5 Å². The van der Waals surface area contributed by atoms with Gasteiger partial charge in [0, 0.05) is 31.7 Å². The van der Waals surface area contributed by atoms with E-state index in [1.54, 1.807) is 19.3 Å². The van der Waals surface area contributed by atoms with Crippen LogP contribution in [0.5, 0.6) is 11.5 Å². The predicted octanol–water partition coefficient (Wildman–Crippen LogP) is 3.77. The molecule has 1 aliphatic rings. The van der Waals surface area contributed by atoms with Crippen molar-refractivity contribution in [3.8, 4) is 11.5 Å². The van der Waals surface area contributed by atoms with Gasteiger partial charge in [0.25, 0.3) is 0 Å². The Morgan fingerprint density at radius 3 is 2.68 bits per heavy atom. The number of fused-ring (bicyclic) bond motifs is 1. The summed E-state index contributed by atoms with van der Waals surface area (Å²) in [6.07, 6.45) is 2.64. The number of hydrogen-bond donors (Lipinski definition) is 2. The van der Waals surface area contributed by atoms with Gasteiger partial charge in [-0.15, -0.1) is 24.0 Å². The number of rotatable bonds is 6. The molecule has 0 unspecified atom stereocenters. The van der Waals surface area contributed by atoms with Gasteiger partial charge in [-0.05, 0) is 35.7 Å². The lowest BCUT2D eigenvalue weighted by Gasteiger charge is -2.27. The third-order valence-corrected chi connectivity index (χ3v) is 4.79. The molecule has 0 saturated carbocycles. The molecular weight excluding hydrogens is 491 g/mol. The number of halogens is 2. The van der Waals surface area contributed by atoms with Crippen molar-refractivity contribution in [1.82, 2.24) is 15.6 Å². The van der Waals surface area contributed by atoms with Gasteiger partial charge in [-0.25, -0.2) is 4.98 Å². The first-order valence-electron chi connectivity index (χ1n) is 8.93. The molecule has 3 rings (SSSR count). The molecule has 0 spiro atoms. The number of aliphatic imine (C=N–C) groups is 1. The standard InChI is InChI=1S/C20H25ClN4O2.HI/c1-20(2,15-5-6-16-17(10-15)27-13-26-16)12-25-19(22-3)23-9-8-14-4-7-18(21)24-11-14;/h4-7,10-11H,8-9,12-13H2,1-3H3,(H2,22,23,25);1H. The lowest BCUT2D eigenvalue weighted by atomic mass is 9.84. The molecule has 2 N–H and O–H groups in total. The summed E-state index contributed by atoms with van der Waals surface area (Å²) >= 11 is 5.81. The van der Waals surface area contributed by atoms with Gasteiger partial charge >= 0.3 is 0 Å². The fourth-order valence-electron chi connectivity index (χ4n) is 2.82. The minimum absolute atomic E-state index is 0. The van der Waals surface area contributed by atoms with Gasteiger partial charge in [0.15, 0.2) is 17.5 Å². The van der Waals surface area contributed by atoms with Crippen molar-refractivity contribution in [3.63, 3.8) is 0 Å². The van der Waals surface area contributed by atoms with Crippen LogP contribution in [0.1, 0.15) is 25.0 Å². The summed E-state index contributed by atoms with van der Waals surface area (Å²) in [7, 11) is 1.77. The van der Waals surface area contributed by atoms with Gasteiger partial charge in [0.2, 0.25) is 6.79 Å². The summed E-state index contributed by atoms with van der Waals surface area (Å²) in [6, 6.07) is 9.88. The molecule has 1 aliphatic heterocycles. The smallest absolute Gasteiger partial charge is 0.231 e. The van der Waals surface area contributed by atoms with Crippen molar-refractivity contribution >= 4 is 41.5 Å². The van der Waals surface area contributed by atoms with Gasteiger partial charge < -0.3 is 20.1 Å². The molecule has 2 aromatic rings. The van der Waals surface area contributed by atoms with Crippen molar-refractivity contribution in [3.05, 3.63) is 52.8 Å². The predicted molar refractivity (Wildman–Crippen MR) is 123 cm³/mol. The minimum atomic E-state index is -0.0985. The van der Waals surface area contributed by atoms with E-state index < -0.39 is 0 Å². The van der Waals surface area contributed by atoms with E-state index in [4.69, 9.17) is 21.1 Å². The van der Waals surface area contributed by atoms with Gasteiger partial charge in [-0.3, -0.25) is 4.99 Å². The molecule has 0 fully saturated rings. The Kier molecular flexibility index (Phi) is 8.18. The van der Waals surface area contributed by atoms with Crippen LogP contribution in [-0.2, 0) is 11.8 Å². The Hall–Kier alpha value is -1.74. The molecule has 0 atom stereocenters. The van der Waals surface area contributed by atoms with Crippen molar-refractivity contribution in [1.29, 1.82) is 0 Å². The molecule has 0 radical (unpaired) electrons. The second-order valence-electron chi connectivity index (χ2n) is 7.04. The molecule has 0 amide bonds. The van der Waals surface area contributed by atoms with Crippen LogP contribution in [0.2, 0.25) is 5.15 Å². The van der Waals surface area contributed by atoms with E-state index in [2.05, 4.69) is 40.5 Å². The summed E-state index contributed by atoms with van der Waals surface area (Å²) in [4.78, 5) is 8.40. The molecule has 152 valence electrons. The molecule has 28 heavy (non-hydrogen) atoms. The highest BCUT2D eigenvalue weighted by Gasteiger charge is 2.24. The molecule has 6 nitrogen and oxygen atoms in total. The molecule has 8 heteroatoms. The summed E-state index contributed by atoms with van der Waals surface area (Å²) in [6.45, 7) is 6.15. The van der Waals surface area contributed by atoms with Crippen LogP contribution in [-0.4, -0.2) is 37.9 Å². The third kappa shape index (κ3) is 5.88. The van der Waals surface area contributed by atoms with Crippen LogP contribution in [0.3, 0.4) is 0 Å².